The van der Waals surface area contributed by atoms with E-state index in [9.17, 15) is 9.59 Å². The molecule has 0 aliphatic rings. The minimum Gasteiger partial charge on any atom is -0.301 e. The average molecular weight is 371 g/mol. The second-order valence-electron chi connectivity index (χ2n) is 4.98. The van der Waals surface area contributed by atoms with Crippen molar-refractivity contribution in [3.05, 3.63) is 18.3 Å². The molecule has 0 saturated carbocycles. The van der Waals surface area contributed by atoms with E-state index in [4.69, 9.17) is 23.2 Å². The van der Waals surface area contributed by atoms with Gasteiger partial charge in [-0.3, -0.25) is 9.59 Å². The van der Waals surface area contributed by atoms with Gasteiger partial charge in [0.25, 0.3) is 5.91 Å². The zero-order chi connectivity index (χ0) is 16.7. The Kier molecular flexibility index (Phi) is 4.27. The van der Waals surface area contributed by atoms with Crippen LogP contribution in [0.25, 0.3) is 21.1 Å². The van der Waals surface area contributed by atoms with E-state index >= 15 is 0 Å². The van der Waals surface area contributed by atoms with Gasteiger partial charge in [0.15, 0.2) is 5.13 Å². The van der Waals surface area contributed by atoms with E-state index in [0.29, 0.717) is 16.2 Å². The third-order valence-corrected chi connectivity index (χ3v) is 4.65. The molecule has 1 aromatic carbocycles. The van der Waals surface area contributed by atoms with Gasteiger partial charge in [0, 0.05) is 5.39 Å². The predicted molar refractivity (Wildman–Crippen MR) is 92.8 cm³/mol. The first-order chi connectivity index (χ1) is 10.9. The summed E-state index contributed by atoms with van der Waals surface area (Å²) in [5.74, 6) is -0.612. The standard InChI is InChI=1S/C14H12Cl2N4O2S/c1-6(15)12(21)19-14-18-9-3-4-10-8(11(9)23-14)5-17-20(10)13(22)7(2)16/h3-7H,1-2H3,(H,18,19,21). The molecule has 0 aliphatic heterocycles. The lowest BCUT2D eigenvalue weighted by atomic mass is 10.2. The molecule has 6 nitrogen and oxygen atoms in total. The summed E-state index contributed by atoms with van der Waals surface area (Å²) in [6.45, 7) is 3.19. The quantitative estimate of drug-likeness (QED) is 0.715. The van der Waals surface area contributed by atoms with Crippen LogP contribution in [0.15, 0.2) is 18.3 Å². The third-order valence-electron chi connectivity index (χ3n) is 3.24. The van der Waals surface area contributed by atoms with Gasteiger partial charge in [-0.2, -0.15) is 9.78 Å². The Labute approximate surface area is 145 Å². The Morgan fingerprint density at radius 1 is 1.26 bits per heavy atom. The van der Waals surface area contributed by atoms with Gasteiger partial charge in [0.05, 0.1) is 21.9 Å². The normalized spacial score (nSPS) is 14.1. The van der Waals surface area contributed by atoms with Crippen LogP contribution < -0.4 is 5.32 Å². The van der Waals surface area contributed by atoms with Crippen LogP contribution in [-0.2, 0) is 4.79 Å². The zero-order valence-electron chi connectivity index (χ0n) is 12.2. The summed E-state index contributed by atoms with van der Waals surface area (Å²) >= 11 is 12.9. The number of halogens is 2. The fraction of sp³-hybridized carbons (Fsp3) is 0.286. The highest BCUT2D eigenvalue weighted by Crippen LogP contribution is 2.33. The zero-order valence-corrected chi connectivity index (χ0v) is 14.5. The molecule has 0 saturated heterocycles. The van der Waals surface area contributed by atoms with Crippen LogP contribution in [0.4, 0.5) is 5.13 Å². The Hall–Kier alpha value is -1.70. The van der Waals surface area contributed by atoms with Gasteiger partial charge in [-0.05, 0) is 26.0 Å². The number of carbonyl (C=O) groups excluding carboxylic acids is 2. The Morgan fingerprint density at radius 3 is 2.65 bits per heavy atom. The van der Waals surface area contributed by atoms with E-state index in [2.05, 4.69) is 15.4 Å². The van der Waals surface area contributed by atoms with Gasteiger partial charge < -0.3 is 5.32 Å². The van der Waals surface area contributed by atoms with Crippen LogP contribution in [0.5, 0.6) is 0 Å². The topological polar surface area (TPSA) is 76.9 Å². The molecular formula is C14H12Cl2N4O2S. The monoisotopic (exact) mass is 370 g/mol. The largest absolute Gasteiger partial charge is 0.301 e. The van der Waals surface area contributed by atoms with E-state index < -0.39 is 10.8 Å². The van der Waals surface area contributed by atoms with Crippen molar-refractivity contribution in [3.8, 4) is 0 Å². The van der Waals surface area contributed by atoms with Gasteiger partial charge in [0.1, 0.15) is 10.8 Å². The number of hydrogen-bond acceptors (Lipinski definition) is 5. The number of thiazole rings is 1. The lowest BCUT2D eigenvalue weighted by Gasteiger charge is -2.03. The first kappa shape index (κ1) is 16.2. The Morgan fingerprint density at radius 2 is 2.00 bits per heavy atom. The molecule has 1 N–H and O–H groups in total. The molecule has 0 radical (unpaired) electrons. The van der Waals surface area contributed by atoms with Gasteiger partial charge in [-0.25, -0.2) is 4.98 Å². The second-order valence-corrected chi connectivity index (χ2v) is 7.29. The number of hydrogen-bond donors (Lipinski definition) is 1. The van der Waals surface area contributed by atoms with Crippen molar-refractivity contribution < 1.29 is 9.59 Å². The number of nitrogens with one attached hydrogen (secondary N) is 1. The van der Waals surface area contributed by atoms with Crippen LogP contribution in [0.3, 0.4) is 0 Å². The van der Waals surface area contributed by atoms with E-state index in [1.165, 1.54) is 16.0 Å². The molecule has 9 heteroatoms. The fourth-order valence-corrected chi connectivity index (χ4v) is 3.21. The SMILES string of the molecule is CC(Cl)C(=O)Nc1nc2ccc3c(cnn3C(=O)C(C)Cl)c2s1. The van der Waals surface area contributed by atoms with Crippen molar-refractivity contribution in [2.45, 2.75) is 24.6 Å². The molecular weight excluding hydrogens is 359 g/mol. The highest BCUT2D eigenvalue weighted by Gasteiger charge is 2.19. The number of carbonyl (C=O) groups is 2. The first-order valence-electron chi connectivity index (χ1n) is 6.79. The van der Waals surface area contributed by atoms with Gasteiger partial charge >= 0.3 is 0 Å². The van der Waals surface area contributed by atoms with Crippen molar-refractivity contribution in [2.75, 3.05) is 5.32 Å². The predicted octanol–water partition coefficient (Wildman–Crippen LogP) is 3.48. The Balaban J connectivity index is 2.08. The lowest BCUT2D eigenvalue weighted by Crippen LogP contribution is -2.20. The summed E-state index contributed by atoms with van der Waals surface area (Å²) in [4.78, 5) is 28.1. The van der Waals surface area contributed by atoms with Gasteiger partial charge in [-0.1, -0.05) is 11.3 Å². The number of aromatic nitrogens is 3. The Bertz CT molecular complexity index is 916. The minimum atomic E-state index is -0.671. The van der Waals surface area contributed by atoms with Crippen molar-refractivity contribution in [1.29, 1.82) is 0 Å². The number of benzene rings is 1. The molecule has 3 aromatic rings. The molecule has 1 amide bonds. The van der Waals surface area contributed by atoms with E-state index in [-0.39, 0.29) is 11.8 Å². The molecule has 23 heavy (non-hydrogen) atoms. The summed E-state index contributed by atoms with van der Waals surface area (Å²) < 4.78 is 2.12. The molecule has 0 spiro atoms. The summed E-state index contributed by atoms with van der Waals surface area (Å²) in [5, 5.41) is 6.70. The highest BCUT2D eigenvalue weighted by molar-refractivity contribution is 7.23. The van der Waals surface area contributed by atoms with Crippen LogP contribution >= 0.6 is 34.5 Å². The van der Waals surface area contributed by atoms with Crippen LogP contribution in [0.2, 0.25) is 0 Å². The first-order valence-corrected chi connectivity index (χ1v) is 8.48. The minimum absolute atomic E-state index is 0.296. The summed E-state index contributed by atoms with van der Waals surface area (Å²) in [6, 6.07) is 3.54. The van der Waals surface area contributed by atoms with Crippen molar-refractivity contribution in [1.82, 2.24) is 14.8 Å². The fourth-order valence-electron chi connectivity index (χ4n) is 2.09. The maximum Gasteiger partial charge on any atom is 0.265 e. The average Bonchev–Trinajstić information content (AvgIpc) is 3.08. The smallest absolute Gasteiger partial charge is 0.265 e. The number of fused-ring (bicyclic) bond motifs is 3. The van der Waals surface area contributed by atoms with E-state index in [0.717, 1.165) is 10.1 Å². The number of alkyl halides is 2. The van der Waals surface area contributed by atoms with E-state index in [1.54, 1.807) is 32.2 Å². The molecule has 0 fully saturated rings. The highest BCUT2D eigenvalue weighted by atomic mass is 35.5. The van der Waals surface area contributed by atoms with Crippen LogP contribution in [0, 0.1) is 0 Å². The van der Waals surface area contributed by atoms with Crippen LogP contribution in [-0.4, -0.2) is 37.3 Å². The number of amides is 1. The molecule has 0 bridgehead atoms. The number of anilines is 1. The molecule has 0 aliphatic carbocycles. The lowest BCUT2D eigenvalue weighted by molar-refractivity contribution is -0.115. The summed E-state index contributed by atoms with van der Waals surface area (Å²) in [5.41, 5.74) is 1.37. The van der Waals surface area contributed by atoms with Gasteiger partial charge in [0.2, 0.25) is 5.91 Å². The van der Waals surface area contributed by atoms with Crippen molar-refractivity contribution >= 4 is 72.6 Å². The molecule has 2 heterocycles. The second kappa shape index (κ2) is 6.07. The summed E-state index contributed by atoms with van der Waals surface area (Å²) in [6.07, 6.45) is 1.60. The number of rotatable bonds is 3. The molecule has 120 valence electrons. The molecule has 3 rings (SSSR count). The molecule has 2 atom stereocenters. The maximum absolute atomic E-state index is 12.1. The number of nitrogens with zero attached hydrogens (tertiary/aromatic N) is 3. The van der Waals surface area contributed by atoms with E-state index in [1.807, 2.05) is 0 Å². The summed E-state index contributed by atoms with van der Waals surface area (Å²) in [7, 11) is 0. The van der Waals surface area contributed by atoms with Gasteiger partial charge in [-0.15, -0.1) is 23.2 Å². The molecule has 2 unspecified atom stereocenters. The molecule has 2 aromatic heterocycles. The van der Waals surface area contributed by atoms with Crippen molar-refractivity contribution in [3.63, 3.8) is 0 Å². The van der Waals surface area contributed by atoms with Crippen LogP contribution in [0.1, 0.15) is 18.6 Å². The maximum atomic E-state index is 12.1. The van der Waals surface area contributed by atoms with Crippen molar-refractivity contribution in [2.24, 2.45) is 0 Å². The third kappa shape index (κ3) is 2.91.